The SMILES string of the molecule is NCc1nccc(C(=O)Cl)c1C(F)F. The van der Waals surface area contributed by atoms with Crippen molar-refractivity contribution >= 4 is 16.8 Å². The predicted octanol–water partition coefficient (Wildman–Crippen LogP) is 1.86. The van der Waals surface area contributed by atoms with Gasteiger partial charge in [-0.3, -0.25) is 9.78 Å². The zero-order valence-electron chi connectivity index (χ0n) is 7.01. The number of hydrogen-bond acceptors (Lipinski definition) is 3. The molecular formula is C8H7ClF2N2O. The minimum absolute atomic E-state index is 0.00787. The Bertz CT molecular complexity index is 357. The zero-order chi connectivity index (χ0) is 10.7. The second-order valence-electron chi connectivity index (χ2n) is 2.50. The molecule has 0 bridgehead atoms. The van der Waals surface area contributed by atoms with Crippen molar-refractivity contribution in [3.63, 3.8) is 0 Å². The summed E-state index contributed by atoms with van der Waals surface area (Å²) >= 11 is 5.14. The van der Waals surface area contributed by atoms with Gasteiger partial charge in [-0.15, -0.1) is 0 Å². The third kappa shape index (κ3) is 2.05. The summed E-state index contributed by atoms with van der Waals surface area (Å²) < 4.78 is 25.1. The van der Waals surface area contributed by atoms with Crippen LogP contribution in [-0.4, -0.2) is 10.2 Å². The minimum Gasteiger partial charge on any atom is -0.325 e. The number of pyridine rings is 1. The van der Waals surface area contributed by atoms with E-state index in [9.17, 15) is 13.6 Å². The maximum Gasteiger partial charge on any atom is 0.266 e. The largest absolute Gasteiger partial charge is 0.325 e. The smallest absolute Gasteiger partial charge is 0.266 e. The average molecular weight is 221 g/mol. The fraction of sp³-hybridized carbons (Fsp3) is 0.250. The Balaban J connectivity index is 3.35. The molecule has 0 saturated heterocycles. The lowest BCUT2D eigenvalue weighted by atomic mass is 10.1. The van der Waals surface area contributed by atoms with E-state index in [0.29, 0.717) is 0 Å². The van der Waals surface area contributed by atoms with Crippen LogP contribution in [0.5, 0.6) is 0 Å². The number of hydrogen-bond donors (Lipinski definition) is 1. The molecule has 1 aromatic heterocycles. The maximum atomic E-state index is 12.5. The Morgan fingerprint density at radius 1 is 1.64 bits per heavy atom. The van der Waals surface area contributed by atoms with Crippen molar-refractivity contribution in [1.82, 2.24) is 4.98 Å². The Kier molecular flexibility index (Phi) is 3.49. The average Bonchev–Trinajstić information content (AvgIpc) is 2.16. The number of alkyl halides is 2. The van der Waals surface area contributed by atoms with Gasteiger partial charge in [-0.05, 0) is 17.7 Å². The van der Waals surface area contributed by atoms with Crippen LogP contribution >= 0.6 is 11.6 Å². The van der Waals surface area contributed by atoms with E-state index < -0.39 is 17.2 Å². The molecule has 1 heterocycles. The summed E-state index contributed by atoms with van der Waals surface area (Å²) in [7, 11) is 0. The molecule has 3 nitrogen and oxygen atoms in total. The molecule has 0 atom stereocenters. The van der Waals surface area contributed by atoms with E-state index in [1.807, 2.05) is 0 Å². The van der Waals surface area contributed by atoms with Gasteiger partial charge >= 0.3 is 0 Å². The molecule has 2 N–H and O–H groups in total. The first kappa shape index (κ1) is 11.0. The van der Waals surface area contributed by atoms with Crippen molar-refractivity contribution in [3.05, 3.63) is 29.1 Å². The van der Waals surface area contributed by atoms with Gasteiger partial charge in [0, 0.05) is 18.3 Å². The molecule has 76 valence electrons. The Morgan fingerprint density at radius 3 is 2.71 bits per heavy atom. The third-order valence-electron chi connectivity index (χ3n) is 1.70. The molecule has 0 aliphatic carbocycles. The predicted molar refractivity (Wildman–Crippen MR) is 47.3 cm³/mol. The summed E-state index contributed by atoms with van der Waals surface area (Å²) in [5.74, 6) is 0. The lowest BCUT2D eigenvalue weighted by molar-refractivity contribution is 0.106. The van der Waals surface area contributed by atoms with E-state index in [4.69, 9.17) is 17.3 Å². The van der Waals surface area contributed by atoms with Crippen molar-refractivity contribution in [1.29, 1.82) is 0 Å². The Labute approximate surface area is 83.9 Å². The van der Waals surface area contributed by atoms with Crippen LogP contribution in [0.15, 0.2) is 12.3 Å². The van der Waals surface area contributed by atoms with E-state index >= 15 is 0 Å². The number of aromatic nitrogens is 1. The van der Waals surface area contributed by atoms with Gasteiger partial charge < -0.3 is 5.73 Å². The maximum absolute atomic E-state index is 12.5. The second-order valence-corrected chi connectivity index (χ2v) is 2.84. The van der Waals surface area contributed by atoms with Crippen LogP contribution in [0.25, 0.3) is 0 Å². The van der Waals surface area contributed by atoms with Crippen molar-refractivity contribution in [2.24, 2.45) is 5.73 Å². The first-order valence-electron chi connectivity index (χ1n) is 3.73. The van der Waals surface area contributed by atoms with Crippen LogP contribution in [0.2, 0.25) is 0 Å². The van der Waals surface area contributed by atoms with Gasteiger partial charge in [0.2, 0.25) is 0 Å². The molecule has 0 saturated carbocycles. The highest BCUT2D eigenvalue weighted by Crippen LogP contribution is 2.26. The number of carbonyl (C=O) groups is 1. The monoisotopic (exact) mass is 220 g/mol. The van der Waals surface area contributed by atoms with E-state index in [1.54, 1.807) is 0 Å². The highest BCUT2D eigenvalue weighted by Gasteiger charge is 2.21. The second kappa shape index (κ2) is 4.43. The normalized spacial score (nSPS) is 10.6. The molecule has 0 aromatic carbocycles. The standard InChI is InChI=1S/C8H7ClF2N2O/c9-7(14)4-1-2-13-5(3-12)6(4)8(10)11/h1-2,8H,3,12H2. The summed E-state index contributed by atoms with van der Waals surface area (Å²) in [4.78, 5) is 14.4. The lowest BCUT2D eigenvalue weighted by Crippen LogP contribution is -2.09. The minimum atomic E-state index is -2.81. The molecule has 14 heavy (non-hydrogen) atoms. The zero-order valence-corrected chi connectivity index (χ0v) is 7.76. The first-order valence-corrected chi connectivity index (χ1v) is 4.11. The van der Waals surface area contributed by atoms with Crippen LogP contribution in [0.1, 0.15) is 28.0 Å². The van der Waals surface area contributed by atoms with Gasteiger partial charge in [-0.2, -0.15) is 0 Å². The van der Waals surface area contributed by atoms with E-state index in [0.717, 1.165) is 6.07 Å². The summed E-state index contributed by atoms with van der Waals surface area (Å²) in [5, 5.41) is -0.933. The Hall–Kier alpha value is -1.07. The summed E-state index contributed by atoms with van der Waals surface area (Å²) in [6, 6.07) is 1.15. The van der Waals surface area contributed by atoms with Gasteiger partial charge in [0.25, 0.3) is 11.7 Å². The van der Waals surface area contributed by atoms with E-state index in [1.165, 1.54) is 6.20 Å². The van der Waals surface area contributed by atoms with Gasteiger partial charge in [0.15, 0.2) is 0 Å². The molecule has 0 amide bonds. The van der Waals surface area contributed by atoms with Crippen LogP contribution < -0.4 is 5.73 Å². The fourth-order valence-electron chi connectivity index (χ4n) is 1.09. The molecule has 0 spiro atoms. The molecule has 6 heteroatoms. The number of nitrogens with two attached hydrogens (primary N) is 1. The van der Waals surface area contributed by atoms with Gasteiger partial charge in [0.1, 0.15) is 0 Å². The van der Waals surface area contributed by atoms with Gasteiger partial charge in [0.05, 0.1) is 11.3 Å². The number of carbonyl (C=O) groups excluding carboxylic acids is 1. The van der Waals surface area contributed by atoms with E-state index in [-0.39, 0.29) is 17.8 Å². The van der Waals surface area contributed by atoms with Crippen LogP contribution in [-0.2, 0) is 6.54 Å². The fourth-order valence-corrected chi connectivity index (χ4v) is 1.26. The summed E-state index contributed by atoms with van der Waals surface area (Å²) in [6.07, 6.45) is -1.58. The van der Waals surface area contributed by atoms with Crippen LogP contribution in [0, 0.1) is 0 Å². The molecule has 1 aromatic rings. The summed E-state index contributed by atoms with van der Waals surface area (Å²) in [5.41, 5.74) is 4.48. The van der Waals surface area contributed by atoms with Crippen molar-refractivity contribution < 1.29 is 13.6 Å². The highest BCUT2D eigenvalue weighted by atomic mass is 35.5. The third-order valence-corrected chi connectivity index (χ3v) is 1.90. The molecule has 0 radical (unpaired) electrons. The summed E-state index contributed by atoms with van der Waals surface area (Å²) in [6.45, 7) is -0.155. The first-order chi connectivity index (χ1) is 6.57. The highest BCUT2D eigenvalue weighted by molar-refractivity contribution is 6.67. The molecule has 0 fully saturated rings. The topological polar surface area (TPSA) is 56.0 Å². The van der Waals surface area contributed by atoms with E-state index in [2.05, 4.69) is 4.98 Å². The number of halogens is 3. The van der Waals surface area contributed by atoms with Crippen molar-refractivity contribution in [2.75, 3.05) is 0 Å². The molecule has 0 aliphatic rings. The van der Waals surface area contributed by atoms with Crippen molar-refractivity contribution in [3.8, 4) is 0 Å². The Morgan fingerprint density at radius 2 is 2.29 bits per heavy atom. The lowest BCUT2D eigenvalue weighted by Gasteiger charge is -2.08. The molecule has 0 unspecified atom stereocenters. The van der Waals surface area contributed by atoms with Crippen molar-refractivity contribution in [2.45, 2.75) is 13.0 Å². The molecule has 1 rings (SSSR count). The number of rotatable bonds is 3. The number of nitrogens with zero attached hydrogens (tertiary/aromatic N) is 1. The van der Waals surface area contributed by atoms with Crippen LogP contribution in [0.3, 0.4) is 0 Å². The van der Waals surface area contributed by atoms with Crippen LogP contribution in [0.4, 0.5) is 8.78 Å². The van der Waals surface area contributed by atoms with Gasteiger partial charge in [-0.1, -0.05) is 0 Å². The molecule has 0 aliphatic heterocycles. The quantitative estimate of drug-likeness (QED) is 0.791. The van der Waals surface area contributed by atoms with Gasteiger partial charge in [-0.25, -0.2) is 8.78 Å². The molecular weight excluding hydrogens is 214 g/mol.